The lowest BCUT2D eigenvalue weighted by Crippen LogP contribution is -2.30. The number of hydrogen-bond donors (Lipinski definition) is 3. The number of thioether (sulfide) groups is 1. The molecule has 0 bridgehead atoms. The van der Waals surface area contributed by atoms with Crippen molar-refractivity contribution < 1.29 is 23.9 Å². The standard InChI is InChI=1S/C41H34N4O5S2/c1-49-32-17-9-11-27(23-32)24-35(43-38(46)29-14-7-4-8-15-29)39(47)42-31-19-21-34(22-20-31)52-37(28-12-5-3-6-13-28)40(48)45-41-44-36(26-51-41)30-16-10-18-33(25-30)50-2/h3-26,37H,1-2H3,(H,42,47)(H,43,46)(H,44,45,48)/b35-24-. The quantitative estimate of drug-likeness (QED) is 0.0805. The van der Waals surface area contributed by atoms with Crippen molar-refractivity contribution in [2.24, 2.45) is 0 Å². The van der Waals surface area contributed by atoms with Crippen LogP contribution in [0.25, 0.3) is 17.3 Å². The van der Waals surface area contributed by atoms with E-state index in [1.165, 1.54) is 23.1 Å². The first kappa shape index (κ1) is 35.6. The minimum Gasteiger partial charge on any atom is -0.497 e. The molecule has 1 heterocycles. The summed E-state index contributed by atoms with van der Waals surface area (Å²) in [6.45, 7) is 0. The van der Waals surface area contributed by atoms with Gasteiger partial charge in [-0.25, -0.2) is 4.98 Å². The molecule has 9 nitrogen and oxygen atoms in total. The molecule has 0 aliphatic heterocycles. The van der Waals surface area contributed by atoms with Crippen molar-refractivity contribution in [3.63, 3.8) is 0 Å². The summed E-state index contributed by atoms with van der Waals surface area (Å²) in [6.07, 6.45) is 1.59. The highest BCUT2D eigenvalue weighted by Gasteiger charge is 2.24. The molecule has 6 aromatic rings. The van der Waals surface area contributed by atoms with Gasteiger partial charge in [-0.3, -0.25) is 14.4 Å². The smallest absolute Gasteiger partial charge is 0.272 e. The van der Waals surface area contributed by atoms with Gasteiger partial charge >= 0.3 is 0 Å². The summed E-state index contributed by atoms with van der Waals surface area (Å²) in [4.78, 5) is 45.8. The minimum atomic E-state index is -0.587. The second-order valence-corrected chi connectivity index (χ2v) is 13.3. The van der Waals surface area contributed by atoms with Crippen LogP contribution in [-0.2, 0) is 9.59 Å². The molecule has 52 heavy (non-hydrogen) atoms. The Hall–Kier alpha value is -6.17. The molecular formula is C41H34N4O5S2. The van der Waals surface area contributed by atoms with Gasteiger partial charge in [0.25, 0.3) is 11.8 Å². The van der Waals surface area contributed by atoms with Crippen molar-refractivity contribution in [2.45, 2.75) is 10.1 Å². The number of ether oxygens (including phenoxy) is 2. The first-order chi connectivity index (χ1) is 25.4. The molecule has 3 N–H and O–H groups in total. The molecule has 0 saturated carbocycles. The van der Waals surface area contributed by atoms with E-state index >= 15 is 0 Å². The molecule has 0 saturated heterocycles. The fourth-order valence-corrected chi connectivity index (χ4v) is 6.86. The Bertz CT molecular complexity index is 2190. The highest BCUT2D eigenvalue weighted by molar-refractivity contribution is 8.00. The highest BCUT2D eigenvalue weighted by Crippen LogP contribution is 2.37. The average molecular weight is 727 g/mol. The summed E-state index contributed by atoms with van der Waals surface area (Å²) in [5.41, 5.74) is 4.10. The number of nitrogens with zero attached hydrogens (tertiary/aromatic N) is 1. The number of benzene rings is 5. The Balaban J connectivity index is 1.17. The SMILES string of the molecule is COc1cccc(/C=C(\NC(=O)c2ccccc2)C(=O)Nc2ccc(SC(C(=O)Nc3nc(-c4cccc(OC)c4)cs3)c3ccccc3)cc2)c1. The van der Waals surface area contributed by atoms with Gasteiger partial charge in [0.1, 0.15) is 22.4 Å². The Kier molecular flexibility index (Phi) is 11.8. The lowest BCUT2D eigenvalue weighted by atomic mass is 10.1. The van der Waals surface area contributed by atoms with Gasteiger partial charge < -0.3 is 25.4 Å². The second-order valence-electron chi connectivity index (χ2n) is 11.3. The molecule has 3 amide bonds. The second kappa shape index (κ2) is 17.2. The summed E-state index contributed by atoms with van der Waals surface area (Å²) in [5, 5.41) is 10.4. The van der Waals surface area contributed by atoms with Crippen molar-refractivity contribution >= 4 is 57.7 Å². The molecule has 5 aromatic carbocycles. The van der Waals surface area contributed by atoms with Crippen molar-refractivity contribution in [2.75, 3.05) is 24.9 Å². The van der Waals surface area contributed by atoms with Crippen LogP contribution < -0.4 is 25.4 Å². The molecule has 11 heteroatoms. The van der Waals surface area contributed by atoms with Gasteiger partial charge in [-0.1, -0.05) is 72.8 Å². The van der Waals surface area contributed by atoms with Crippen LogP contribution in [0.3, 0.4) is 0 Å². The van der Waals surface area contributed by atoms with Gasteiger partial charge in [0.2, 0.25) is 5.91 Å². The number of carbonyl (C=O) groups is 3. The average Bonchev–Trinajstić information content (AvgIpc) is 3.66. The van der Waals surface area contributed by atoms with Crippen LogP contribution in [0.4, 0.5) is 10.8 Å². The highest BCUT2D eigenvalue weighted by atomic mass is 32.2. The first-order valence-corrected chi connectivity index (χ1v) is 17.9. The Morgan fingerprint density at radius 1 is 0.750 bits per heavy atom. The van der Waals surface area contributed by atoms with Crippen molar-refractivity contribution in [1.82, 2.24) is 10.3 Å². The van der Waals surface area contributed by atoms with E-state index in [1.54, 1.807) is 74.9 Å². The van der Waals surface area contributed by atoms with Gasteiger partial charge in [0.05, 0.1) is 19.9 Å². The molecule has 0 radical (unpaired) electrons. The Labute approximate surface area is 309 Å². The van der Waals surface area contributed by atoms with E-state index in [9.17, 15) is 14.4 Å². The summed E-state index contributed by atoms with van der Waals surface area (Å²) in [7, 11) is 3.18. The number of aromatic nitrogens is 1. The maximum Gasteiger partial charge on any atom is 0.272 e. The number of amides is 3. The lowest BCUT2D eigenvalue weighted by molar-refractivity contribution is -0.116. The van der Waals surface area contributed by atoms with E-state index in [1.807, 2.05) is 84.2 Å². The van der Waals surface area contributed by atoms with Gasteiger partial charge in [-0.2, -0.15) is 0 Å². The van der Waals surface area contributed by atoms with Gasteiger partial charge in [-0.05, 0) is 77.9 Å². The molecular weight excluding hydrogens is 693 g/mol. The zero-order valence-corrected chi connectivity index (χ0v) is 29.9. The molecule has 0 fully saturated rings. The summed E-state index contributed by atoms with van der Waals surface area (Å²) >= 11 is 2.73. The largest absolute Gasteiger partial charge is 0.497 e. The maximum absolute atomic E-state index is 13.7. The van der Waals surface area contributed by atoms with Gasteiger partial charge in [-0.15, -0.1) is 23.1 Å². The topological polar surface area (TPSA) is 119 Å². The van der Waals surface area contributed by atoms with E-state index in [0.717, 1.165) is 27.5 Å². The molecule has 260 valence electrons. The minimum absolute atomic E-state index is 0.0538. The monoisotopic (exact) mass is 726 g/mol. The van der Waals surface area contributed by atoms with Crippen LogP contribution in [0.1, 0.15) is 26.7 Å². The molecule has 0 aliphatic carbocycles. The van der Waals surface area contributed by atoms with Crippen LogP contribution in [0.2, 0.25) is 0 Å². The van der Waals surface area contributed by atoms with Crippen molar-refractivity contribution in [1.29, 1.82) is 0 Å². The molecule has 0 aliphatic rings. The van der Waals surface area contributed by atoms with E-state index in [-0.39, 0.29) is 11.6 Å². The number of anilines is 2. The molecule has 6 rings (SSSR count). The van der Waals surface area contributed by atoms with Crippen LogP contribution in [0, 0.1) is 0 Å². The first-order valence-electron chi connectivity index (χ1n) is 16.1. The lowest BCUT2D eigenvalue weighted by Gasteiger charge is -2.17. The van der Waals surface area contributed by atoms with Crippen LogP contribution >= 0.6 is 23.1 Å². The normalized spacial score (nSPS) is 11.6. The fraction of sp³-hybridized carbons (Fsp3) is 0.0732. The van der Waals surface area contributed by atoms with Gasteiger partial charge in [0, 0.05) is 27.1 Å². The number of thiazole rings is 1. The zero-order chi connectivity index (χ0) is 36.3. The Morgan fingerprint density at radius 3 is 2.13 bits per heavy atom. The fourth-order valence-electron chi connectivity index (χ4n) is 5.11. The van der Waals surface area contributed by atoms with E-state index < -0.39 is 17.1 Å². The third kappa shape index (κ3) is 9.33. The number of carbonyl (C=O) groups excluding carboxylic acids is 3. The summed E-state index contributed by atoms with van der Waals surface area (Å²) in [5.74, 6) is 0.189. The molecule has 1 unspecified atom stereocenters. The predicted octanol–water partition coefficient (Wildman–Crippen LogP) is 8.71. The van der Waals surface area contributed by atoms with Crippen molar-refractivity contribution in [3.8, 4) is 22.8 Å². The maximum atomic E-state index is 13.7. The van der Waals surface area contributed by atoms with Crippen LogP contribution in [-0.4, -0.2) is 36.9 Å². The summed E-state index contributed by atoms with van der Waals surface area (Å²) in [6, 6.07) is 40.1. The van der Waals surface area contributed by atoms with E-state index in [2.05, 4.69) is 20.9 Å². The molecule has 1 atom stereocenters. The van der Waals surface area contributed by atoms with Crippen molar-refractivity contribution in [3.05, 3.63) is 161 Å². The van der Waals surface area contributed by atoms with Crippen LogP contribution in [0.15, 0.2) is 149 Å². The van der Waals surface area contributed by atoms with Gasteiger partial charge in [0.15, 0.2) is 5.13 Å². The third-order valence-electron chi connectivity index (χ3n) is 7.74. The number of rotatable bonds is 13. The van der Waals surface area contributed by atoms with Crippen LogP contribution in [0.5, 0.6) is 11.5 Å². The van der Waals surface area contributed by atoms with E-state index in [4.69, 9.17) is 9.47 Å². The zero-order valence-electron chi connectivity index (χ0n) is 28.2. The Morgan fingerprint density at radius 2 is 1.42 bits per heavy atom. The van der Waals surface area contributed by atoms with E-state index in [0.29, 0.717) is 27.7 Å². The number of nitrogens with one attached hydrogen (secondary N) is 3. The molecule has 1 aromatic heterocycles. The number of methoxy groups -OCH3 is 2. The number of hydrogen-bond acceptors (Lipinski definition) is 8. The summed E-state index contributed by atoms with van der Waals surface area (Å²) < 4.78 is 10.7. The third-order valence-corrected chi connectivity index (χ3v) is 9.76. The predicted molar refractivity (Wildman–Crippen MR) is 208 cm³/mol. The molecule has 0 spiro atoms.